The highest BCUT2D eigenvalue weighted by Crippen LogP contribution is 2.35. The topological polar surface area (TPSA) is 29.1 Å². The van der Waals surface area contributed by atoms with Gasteiger partial charge >= 0.3 is 0 Å². The maximum absolute atomic E-state index is 12.0. The number of aryl methyl sites for hydroxylation is 1. The number of amides is 1. The van der Waals surface area contributed by atoms with Gasteiger partial charge in [-0.05, 0) is 42.6 Å². The third kappa shape index (κ3) is 2.86. The Balaban J connectivity index is 1.59. The van der Waals surface area contributed by atoms with Gasteiger partial charge in [0.05, 0.1) is 10.3 Å². The molecular formula is C13H16ClNOS2. The van der Waals surface area contributed by atoms with Crippen LogP contribution in [-0.2, 0) is 12.2 Å². The number of hydrogen-bond donors (Lipinski definition) is 1. The molecule has 0 bridgehead atoms. The second-order valence-corrected chi connectivity index (χ2v) is 7.73. The van der Waals surface area contributed by atoms with Crippen LogP contribution in [0, 0.1) is 5.92 Å². The molecular weight excluding hydrogens is 286 g/mol. The summed E-state index contributed by atoms with van der Waals surface area (Å²) in [6.07, 6.45) is 3.54. The van der Waals surface area contributed by atoms with Crippen LogP contribution in [0.2, 0.25) is 0 Å². The molecule has 0 aromatic carbocycles. The molecule has 1 saturated carbocycles. The van der Waals surface area contributed by atoms with Gasteiger partial charge in [-0.3, -0.25) is 4.79 Å². The molecule has 1 fully saturated rings. The van der Waals surface area contributed by atoms with E-state index in [4.69, 9.17) is 11.6 Å². The second-order valence-electron chi connectivity index (χ2n) is 4.93. The maximum Gasteiger partial charge on any atom is 0.261 e. The zero-order valence-electron chi connectivity index (χ0n) is 10.1. The van der Waals surface area contributed by atoms with Gasteiger partial charge in [0.25, 0.3) is 5.91 Å². The van der Waals surface area contributed by atoms with Crippen LogP contribution in [0.4, 0.5) is 0 Å². The van der Waals surface area contributed by atoms with E-state index >= 15 is 0 Å². The molecule has 3 rings (SSSR count). The summed E-state index contributed by atoms with van der Waals surface area (Å²) in [6, 6.07) is 2.06. The molecule has 2 nitrogen and oxygen atoms in total. The van der Waals surface area contributed by atoms with E-state index in [0.717, 1.165) is 17.1 Å². The van der Waals surface area contributed by atoms with Gasteiger partial charge in [0.15, 0.2) is 0 Å². The van der Waals surface area contributed by atoms with Gasteiger partial charge in [-0.25, -0.2) is 0 Å². The molecule has 18 heavy (non-hydrogen) atoms. The van der Waals surface area contributed by atoms with Gasteiger partial charge in [0.1, 0.15) is 0 Å². The van der Waals surface area contributed by atoms with Crippen molar-refractivity contribution < 1.29 is 4.79 Å². The van der Waals surface area contributed by atoms with Gasteiger partial charge in [-0.2, -0.15) is 11.8 Å². The van der Waals surface area contributed by atoms with E-state index in [1.165, 1.54) is 29.0 Å². The first kappa shape index (κ1) is 12.8. The smallest absolute Gasteiger partial charge is 0.261 e. The molecule has 1 aliphatic heterocycles. The first-order chi connectivity index (χ1) is 8.74. The van der Waals surface area contributed by atoms with Crippen LogP contribution in [0.15, 0.2) is 6.07 Å². The van der Waals surface area contributed by atoms with E-state index < -0.39 is 0 Å². The average molecular weight is 302 g/mol. The maximum atomic E-state index is 12.0. The summed E-state index contributed by atoms with van der Waals surface area (Å²) in [4.78, 5) is 14.3. The molecule has 1 aromatic heterocycles. The molecule has 0 radical (unpaired) electrons. The van der Waals surface area contributed by atoms with Gasteiger partial charge in [-0.1, -0.05) is 0 Å². The van der Waals surface area contributed by atoms with Gasteiger partial charge < -0.3 is 5.32 Å². The number of thiophene rings is 1. The quantitative estimate of drug-likeness (QED) is 0.865. The van der Waals surface area contributed by atoms with Gasteiger partial charge in [-0.15, -0.1) is 22.9 Å². The number of rotatable bonds is 4. The average Bonchev–Trinajstić information content (AvgIpc) is 3.14. The summed E-state index contributed by atoms with van der Waals surface area (Å²) >= 11 is 9.79. The molecule has 0 saturated heterocycles. The highest BCUT2D eigenvalue weighted by molar-refractivity contribution is 7.98. The minimum absolute atomic E-state index is 0.0469. The minimum Gasteiger partial charge on any atom is -0.350 e. The number of thioether (sulfide) groups is 1. The third-order valence-corrected chi connectivity index (χ3v) is 6.20. The molecule has 5 heteroatoms. The lowest BCUT2D eigenvalue weighted by Crippen LogP contribution is -2.30. The Labute approximate surface area is 120 Å². The van der Waals surface area contributed by atoms with E-state index in [9.17, 15) is 4.79 Å². The molecule has 1 aliphatic carbocycles. The zero-order valence-corrected chi connectivity index (χ0v) is 12.5. The van der Waals surface area contributed by atoms with Crippen LogP contribution in [0.5, 0.6) is 0 Å². The molecule has 98 valence electrons. The fourth-order valence-electron chi connectivity index (χ4n) is 2.16. The predicted molar refractivity (Wildman–Crippen MR) is 78.9 cm³/mol. The van der Waals surface area contributed by atoms with Crippen LogP contribution in [-0.4, -0.2) is 23.6 Å². The Kier molecular flexibility index (Phi) is 3.87. The Bertz CT molecular complexity index is 432. The van der Waals surface area contributed by atoms with Crippen molar-refractivity contribution in [1.82, 2.24) is 5.32 Å². The molecule has 2 aliphatic rings. The fraction of sp³-hybridized carbons (Fsp3) is 0.615. The van der Waals surface area contributed by atoms with E-state index in [1.807, 2.05) is 11.8 Å². The second kappa shape index (κ2) is 5.43. The van der Waals surface area contributed by atoms with Gasteiger partial charge in [0.2, 0.25) is 0 Å². The van der Waals surface area contributed by atoms with Crippen molar-refractivity contribution in [2.75, 3.05) is 12.3 Å². The molecule has 1 amide bonds. The molecule has 0 spiro atoms. The van der Waals surface area contributed by atoms with Crippen molar-refractivity contribution >= 4 is 40.6 Å². The largest absolute Gasteiger partial charge is 0.350 e. The SMILES string of the molecule is O=C(NCC(Cl)C1CC1)c1cc2c(s1)CCSC2. The summed E-state index contributed by atoms with van der Waals surface area (Å²) in [5.41, 5.74) is 1.35. The summed E-state index contributed by atoms with van der Waals surface area (Å²) in [7, 11) is 0. The lowest BCUT2D eigenvalue weighted by atomic mass is 10.2. The molecule has 1 aromatic rings. The van der Waals surface area contributed by atoms with Crippen molar-refractivity contribution in [2.45, 2.75) is 30.4 Å². The van der Waals surface area contributed by atoms with E-state index in [1.54, 1.807) is 11.3 Å². The fourth-order valence-corrected chi connectivity index (χ4v) is 4.78. The monoisotopic (exact) mass is 301 g/mol. The Morgan fingerprint density at radius 1 is 1.56 bits per heavy atom. The van der Waals surface area contributed by atoms with Crippen molar-refractivity contribution in [1.29, 1.82) is 0 Å². The number of halogens is 1. The van der Waals surface area contributed by atoms with Crippen LogP contribution in [0.25, 0.3) is 0 Å². The third-order valence-electron chi connectivity index (χ3n) is 3.44. The van der Waals surface area contributed by atoms with Crippen LogP contribution in [0.3, 0.4) is 0 Å². The number of alkyl halides is 1. The minimum atomic E-state index is 0.0469. The molecule has 2 heterocycles. The van der Waals surface area contributed by atoms with Crippen LogP contribution in [0.1, 0.15) is 33.0 Å². The van der Waals surface area contributed by atoms with Crippen molar-refractivity contribution in [3.05, 3.63) is 21.4 Å². The summed E-state index contributed by atoms with van der Waals surface area (Å²) in [6.45, 7) is 0.600. The highest BCUT2D eigenvalue weighted by Gasteiger charge is 2.30. The molecule has 1 atom stereocenters. The van der Waals surface area contributed by atoms with Crippen molar-refractivity contribution in [2.24, 2.45) is 5.92 Å². The highest BCUT2D eigenvalue weighted by atomic mass is 35.5. The standard InChI is InChI=1S/C13H16ClNOS2/c14-10(8-1-2-8)6-15-13(16)12-5-9-7-17-4-3-11(9)18-12/h5,8,10H,1-4,6-7H2,(H,15,16). The molecule has 1 unspecified atom stereocenters. The van der Waals surface area contributed by atoms with Crippen LogP contribution < -0.4 is 5.32 Å². The zero-order chi connectivity index (χ0) is 12.5. The Morgan fingerprint density at radius 2 is 2.39 bits per heavy atom. The number of fused-ring (bicyclic) bond motifs is 1. The number of hydrogen-bond acceptors (Lipinski definition) is 3. The molecule has 1 N–H and O–H groups in total. The van der Waals surface area contributed by atoms with Crippen molar-refractivity contribution in [3.8, 4) is 0 Å². The van der Waals surface area contributed by atoms with E-state index in [0.29, 0.717) is 12.5 Å². The normalized spacial score (nSPS) is 20.3. The predicted octanol–water partition coefficient (Wildman–Crippen LogP) is 3.28. The number of carbonyl (C=O) groups is 1. The van der Waals surface area contributed by atoms with Crippen molar-refractivity contribution in [3.63, 3.8) is 0 Å². The summed E-state index contributed by atoms with van der Waals surface area (Å²) in [5, 5.41) is 3.07. The Morgan fingerprint density at radius 3 is 3.11 bits per heavy atom. The Hall–Kier alpha value is -0.190. The number of nitrogens with one attached hydrogen (secondary N) is 1. The van der Waals surface area contributed by atoms with E-state index in [2.05, 4.69) is 11.4 Å². The lowest BCUT2D eigenvalue weighted by molar-refractivity contribution is 0.0957. The number of carbonyl (C=O) groups excluding carboxylic acids is 1. The first-order valence-corrected chi connectivity index (χ1v) is 8.76. The van der Waals surface area contributed by atoms with Crippen LogP contribution >= 0.6 is 34.7 Å². The lowest BCUT2D eigenvalue weighted by Gasteiger charge is -2.08. The van der Waals surface area contributed by atoms with E-state index in [-0.39, 0.29) is 11.3 Å². The van der Waals surface area contributed by atoms with Gasteiger partial charge in [0, 0.05) is 17.2 Å². The summed E-state index contributed by atoms with van der Waals surface area (Å²) < 4.78 is 0. The summed E-state index contributed by atoms with van der Waals surface area (Å²) in [5.74, 6) is 2.91. The first-order valence-electron chi connectivity index (χ1n) is 6.35.